The number of hydrogen-bond donors (Lipinski definition) is 1. The van der Waals surface area contributed by atoms with Gasteiger partial charge in [0.2, 0.25) is 0 Å². The van der Waals surface area contributed by atoms with Gasteiger partial charge in [-0.15, -0.1) is 0 Å². The lowest BCUT2D eigenvalue weighted by molar-refractivity contribution is 0.160. The van der Waals surface area contributed by atoms with Crippen LogP contribution in [0.2, 0.25) is 5.02 Å². The van der Waals surface area contributed by atoms with Crippen molar-refractivity contribution in [1.29, 1.82) is 5.26 Å². The predicted molar refractivity (Wildman–Crippen MR) is 84.2 cm³/mol. The number of likely N-dealkylation sites (tertiary alicyclic amines) is 1. The second-order valence-electron chi connectivity index (χ2n) is 5.44. The molecule has 1 aliphatic rings. The second-order valence-corrected chi connectivity index (χ2v) is 5.84. The molecular weight excluding hydrogens is 270 g/mol. The maximum atomic E-state index is 9.11. The predicted octanol–water partition coefficient (Wildman–Crippen LogP) is 3.89. The van der Waals surface area contributed by atoms with E-state index >= 15 is 0 Å². The summed E-state index contributed by atoms with van der Waals surface area (Å²) < 4.78 is 0. The quantitative estimate of drug-likeness (QED) is 0.837. The van der Waals surface area contributed by atoms with Gasteiger partial charge in [0, 0.05) is 19.1 Å². The van der Waals surface area contributed by atoms with Gasteiger partial charge in [-0.25, -0.2) is 0 Å². The summed E-state index contributed by atoms with van der Waals surface area (Å²) in [5.74, 6) is 0. The molecule has 0 radical (unpaired) electrons. The molecule has 1 N–H and O–H groups in total. The first-order valence-corrected chi connectivity index (χ1v) is 7.76. The van der Waals surface area contributed by atoms with E-state index in [1.165, 1.54) is 25.8 Å². The Morgan fingerprint density at radius 2 is 2.30 bits per heavy atom. The minimum atomic E-state index is 0.516. The van der Waals surface area contributed by atoms with Crippen LogP contribution < -0.4 is 5.32 Å². The van der Waals surface area contributed by atoms with Crippen LogP contribution in [-0.4, -0.2) is 30.6 Å². The highest BCUT2D eigenvalue weighted by Gasteiger charge is 2.17. The summed E-state index contributed by atoms with van der Waals surface area (Å²) in [6.07, 6.45) is 5.09. The first-order chi connectivity index (χ1) is 9.72. The molecule has 1 aliphatic heterocycles. The van der Waals surface area contributed by atoms with E-state index in [1.54, 1.807) is 6.07 Å². The van der Waals surface area contributed by atoms with Gasteiger partial charge in [-0.2, -0.15) is 5.26 Å². The van der Waals surface area contributed by atoms with Crippen molar-refractivity contribution in [1.82, 2.24) is 4.90 Å². The molecule has 0 aromatic heterocycles. The number of benzene rings is 1. The molecule has 0 bridgehead atoms. The summed E-state index contributed by atoms with van der Waals surface area (Å²) in [4.78, 5) is 2.56. The van der Waals surface area contributed by atoms with Crippen LogP contribution in [-0.2, 0) is 0 Å². The molecule has 1 saturated heterocycles. The molecule has 0 amide bonds. The molecule has 1 unspecified atom stereocenters. The van der Waals surface area contributed by atoms with Gasteiger partial charge in [-0.05, 0) is 44.9 Å². The van der Waals surface area contributed by atoms with E-state index in [0.29, 0.717) is 16.6 Å². The highest BCUT2D eigenvalue weighted by atomic mass is 35.5. The van der Waals surface area contributed by atoms with Crippen LogP contribution in [0.3, 0.4) is 0 Å². The SMILES string of the molecule is CC1CCCCN1CCCNc1cccc(Cl)c1C#N. The molecule has 1 heterocycles. The Balaban J connectivity index is 1.79. The number of nitrogens with zero attached hydrogens (tertiary/aromatic N) is 2. The summed E-state index contributed by atoms with van der Waals surface area (Å²) >= 11 is 6.01. The van der Waals surface area contributed by atoms with Crippen LogP contribution in [0.4, 0.5) is 5.69 Å². The topological polar surface area (TPSA) is 39.1 Å². The normalized spacial score (nSPS) is 19.6. The number of hydrogen-bond acceptors (Lipinski definition) is 3. The minimum Gasteiger partial charge on any atom is -0.384 e. The molecule has 1 fully saturated rings. The van der Waals surface area contributed by atoms with Crippen LogP contribution in [0.5, 0.6) is 0 Å². The number of halogens is 1. The van der Waals surface area contributed by atoms with Crippen molar-refractivity contribution in [3.63, 3.8) is 0 Å². The lowest BCUT2D eigenvalue weighted by Gasteiger charge is -2.33. The first kappa shape index (κ1) is 15.2. The van der Waals surface area contributed by atoms with E-state index in [4.69, 9.17) is 16.9 Å². The Kier molecular flexibility index (Phi) is 5.70. The largest absolute Gasteiger partial charge is 0.384 e. The van der Waals surface area contributed by atoms with Gasteiger partial charge in [0.25, 0.3) is 0 Å². The van der Waals surface area contributed by atoms with Gasteiger partial charge in [-0.1, -0.05) is 24.1 Å². The molecule has 20 heavy (non-hydrogen) atoms. The maximum Gasteiger partial charge on any atom is 0.103 e. The molecule has 0 aliphatic carbocycles. The van der Waals surface area contributed by atoms with Gasteiger partial charge in [0.05, 0.1) is 16.3 Å². The third-order valence-electron chi connectivity index (χ3n) is 4.00. The summed E-state index contributed by atoms with van der Waals surface area (Å²) in [6, 6.07) is 8.40. The third kappa shape index (κ3) is 3.88. The molecule has 0 saturated carbocycles. The standard InChI is InChI=1S/C16H22ClN3/c1-13-6-2-3-10-20(13)11-5-9-19-16-8-4-7-15(17)14(16)12-18/h4,7-8,13,19H,2-3,5-6,9-11H2,1H3. The van der Waals surface area contributed by atoms with E-state index in [9.17, 15) is 0 Å². The van der Waals surface area contributed by atoms with Crippen molar-refractivity contribution in [2.45, 2.75) is 38.6 Å². The van der Waals surface area contributed by atoms with Crippen molar-refractivity contribution < 1.29 is 0 Å². The Bertz CT molecular complexity index is 481. The van der Waals surface area contributed by atoms with Gasteiger partial charge in [0.15, 0.2) is 0 Å². The summed E-state index contributed by atoms with van der Waals surface area (Å²) in [7, 11) is 0. The number of nitriles is 1. The maximum absolute atomic E-state index is 9.11. The van der Waals surface area contributed by atoms with E-state index in [2.05, 4.69) is 23.2 Å². The Labute approximate surface area is 126 Å². The minimum absolute atomic E-state index is 0.516. The van der Waals surface area contributed by atoms with Crippen LogP contribution in [0.1, 0.15) is 38.2 Å². The Hall–Kier alpha value is -1.24. The van der Waals surface area contributed by atoms with Gasteiger partial charge < -0.3 is 10.2 Å². The summed E-state index contributed by atoms with van der Waals surface area (Å²) in [6.45, 7) is 5.54. The van der Waals surface area contributed by atoms with Crippen LogP contribution in [0.15, 0.2) is 18.2 Å². The Morgan fingerprint density at radius 1 is 1.45 bits per heavy atom. The third-order valence-corrected chi connectivity index (χ3v) is 4.32. The van der Waals surface area contributed by atoms with Crippen molar-refractivity contribution in [3.05, 3.63) is 28.8 Å². The number of rotatable bonds is 5. The Morgan fingerprint density at radius 3 is 3.05 bits per heavy atom. The lowest BCUT2D eigenvalue weighted by Crippen LogP contribution is -2.38. The number of nitrogens with one attached hydrogen (secondary N) is 1. The molecule has 1 aromatic rings. The highest BCUT2D eigenvalue weighted by molar-refractivity contribution is 6.32. The van der Waals surface area contributed by atoms with Gasteiger partial charge in [0.1, 0.15) is 6.07 Å². The van der Waals surface area contributed by atoms with Crippen molar-refractivity contribution in [2.24, 2.45) is 0 Å². The highest BCUT2D eigenvalue weighted by Crippen LogP contribution is 2.23. The average Bonchev–Trinajstić information content (AvgIpc) is 2.45. The zero-order valence-electron chi connectivity index (χ0n) is 12.0. The zero-order chi connectivity index (χ0) is 14.4. The van der Waals surface area contributed by atoms with Crippen LogP contribution in [0.25, 0.3) is 0 Å². The molecule has 3 nitrogen and oxygen atoms in total. The van der Waals surface area contributed by atoms with Crippen molar-refractivity contribution in [3.8, 4) is 6.07 Å². The fraction of sp³-hybridized carbons (Fsp3) is 0.562. The second kappa shape index (κ2) is 7.52. The van der Waals surface area contributed by atoms with Crippen molar-refractivity contribution >= 4 is 17.3 Å². The zero-order valence-corrected chi connectivity index (χ0v) is 12.8. The fourth-order valence-electron chi connectivity index (χ4n) is 2.78. The van der Waals surface area contributed by atoms with Gasteiger partial charge in [-0.3, -0.25) is 0 Å². The van der Waals surface area contributed by atoms with Crippen LogP contribution in [0, 0.1) is 11.3 Å². The van der Waals surface area contributed by atoms with E-state index in [-0.39, 0.29) is 0 Å². The fourth-order valence-corrected chi connectivity index (χ4v) is 3.00. The molecule has 2 rings (SSSR count). The van der Waals surface area contributed by atoms with Crippen molar-refractivity contribution in [2.75, 3.05) is 25.0 Å². The molecule has 1 atom stereocenters. The molecular formula is C16H22ClN3. The van der Waals surface area contributed by atoms with E-state index < -0.39 is 0 Å². The molecule has 108 valence electrons. The lowest BCUT2D eigenvalue weighted by atomic mass is 10.0. The number of anilines is 1. The summed E-state index contributed by atoms with van der Waals surface area (Å²) in [5.41, 5.74) is 1.38. The first-order valence-electron chi connectivity index (χ1n) is 7.39. The average molecular weight is 292 g/mol. The smallest absolute Gasteiger partial charge is 0.103 e. The number of piperidine rings is 1. The van der Waals surface area contributed by atoms with Crippen LogP contribution >= 0.6 is 11.6 Å². The molecule has 4 heteroatoms. The van der Waals surface area contributed by atoms with E-state index in [1.807, 2.05) is 12.1 Å². The van der Waals surface area contributed by atoms with Gasteiger partial charge >= 0.3 is 0 Å². The molecule has 1 aromatic carbocycles. The van der Waals surface area contributed by atoms with E-state index in [0.717, 1.165) is 25.2 Å². The summed E-state index contributed by atoms with van der Waals surface area (Å²) in [5, 5.41) is 13.0. The monoisotopic (exact) mass is 291 g/mol. The molecule has 0 spiro atoms.